The van der Waals surface area contributed by atoms with Crippen LogP contribution in [-0.4, -0.2) is 37.2 Å². The van der Waals surface area contributed by atoms with Crippen LogP contribution >= 0.6 is 0 Å². The Morgan fingerprint density at radius 2 is 1.71 bits per heavy atom. The molecule has 2 rings (SSSR count). The molecule has 2 N–H and O–H groups in total. The van der Waals surface area contributed by atoms with Crippen LogP contribution < -0.4 is 15.4 Å². The fraction of sp³-hybridized carbons (Fsp3) is 0.364. The summed E-state index contributed by atoms with van der Waals surface area (Å²) in [4.78, 5) is 25.0. The van der Waals surface area contributed by atoms with E-state index in [4.69, 9.17) is 9.47 Å². The fourth-order valence-corrected chi connectivity index (χ4v) is 2.48. The van der Waals surface area contributed by atoms with Crippen LogP contribution in [0, 0.1) is 0 Å². The first kappa shape index (κ1) is 21.4. The van der Waals surface area contributed by atoms with E-state index < -0.39 is 0 Å². The number of anilines is 1. The summed E-state index contributed by atoms with van der Waals surface area (Å²) in [5.41, 5.74) is 1.10. The van der Waals surface area contributed by atoms with E-state index in [1.54, 1.807) is 42.5 Å². The summed E-state index contributed by atoms with van der Waals surface area (Å²) in [6.45, 7) is 9.09. The van der Waals surface area contributed by atoms with Gasteiger partial charge in [0.15, 0.2) is 0 Å². The van der Waals surface area contributed by atoms with Gasteiger partial charge in [-0.15, -0.1) is 0 Å². The molecule has 0 bridgehead atoms. The van der Waals surface area contributed by atoms with Gasteiger partial charge in [0, 0.05) is 23.4 Å². The van der Waals surface area contributed by atoms with Crippen molar-refractivity contribution in [2.24, 2.45) is 0 Å². The molecule has 0 spiro atoms. The molecule has 0 saturated carbocycles. The van der Waals surface area contributed by atoms with Gasteiger partial charge in [0.1, 0.15) is 12.4 Å². The van der Waals surface area contributed by atoms with Crippen molar-refractivity contribution in [3.8, 4) is 5.75 Å². The number of amides is 2. The molecule has 0 aliphatic carbocycles. The predicted molar refractivity (Wildman–Crippen MR) is 110 cm³/mol. The lowest BCUT2D eigenvalue weighted by atomic mass is 10.1. The molecule has 0 aliphatic heterocycles. The van der Waals surface area contributed by atoms with Gasteiger partial charge in [0.2, 0.25) is 0 Å². The van der Waals surface area contributed by atoms with Crippen molar-refractivity contribution in [1.82, 2.24) is 5.32 Å². The van der Waals surface area contributed by atoms with Gasteiger partial charge in [0.25, 0.3) is 11.8 Å². The van der Waals surface area contributed by atoms with E-state index in [2.05, 4.69) is 10.6 Å². The van der Waals surface area contributed by atoms with Gasteiger partial charge < -0.3 is 20.1 Å². The molecule has 0 atom stereocenters. The number of carbonyl (C=O) groups is 2. The third-order valence-corrected chi connectivity index (χ3v) is 3.69. The van der Waals surface area contributed by atoms with Crippen molar-refractivity contribution in [1.29, 1.82) is 0 Å². The van der Waals surface area contributed by atoms with Gasteiger partial charge in [-0.2, -0.15) is 0 Å². The van der Waals surface area contributed by atoms with E-state index in [0.29, 0.717) is 42.4 Å². The molecule has 0 aromatic heterocycles. The normalized spacial score (nSPS) is 11.0. The van der Waals surface area contributed by atoms with Gasteiger partial charge in [-0.3, -0.25) is 9.59 Å². The van der Waals surface area contributed by atoms with Crippen molar-refractivity contribution in [3.63, 3.8) is 0 Å². The summed E-state index contributed by atoms with van der Waals surface area (Å²) in [7, 11) is 0. The zero-order chi connectivity index (χ0) is 20.6. The summed E-state index contributed by atoms with van der Waals surface area (Å²) in [6, 6.07) is 13.9. The molecule has 0 heterocycles. The molecular weight excluding hydrogens is 356 g/mol. The number of hydrogen-bond donors (Lipinski definition) is 2. The lowest BCUT2D eigenvalue weighted by Gasteiger charge is -2.20. The Bertz CT molecular complexity index is 812. The molecule has 6 heteroatoms. The van der Waals surface area contributed by atoms with Crippen molar-refractivity contribution < 1.29 is 19.1 Å². The Kier molecular flexibility index (Phi) is 7.58. The third kappa shape index (κ3) is 6.70. The quantitative estimate of drug-likeness (QED) is 0.677. The number of nitrogens with one attached hydrogen (secondary N) is 2. The highest BCUT2D eigenvalue weighted by molar-refractivity contribution is 6.06. The zero-order valence-electron chi connectivity index (χ0n) is 16.9. The Balaban J connectivity index is 2.09. The molecule has 28 heavy (non-hydrogen) atoms. The van der Waals surface area contributed by atoms with Gasteiger partial charge in [0.05, 0.1) is 12.2 Å². The van der Waals surface area contributed by atoms with Crippen LogP contribution in [0.4, 0.5) is 5.69 Å². The van der Waals surface area contributed by atoms with Crippen LogP contribution in [0.1, 0.15) is 48.4 Å². The van der Waals surface area contributed by atoms with Crippen molar-refractivity contribution >= 4 is 17.5 Å². The second-order valence-electron chi connectivity index (χ2n) is 7.28. The predicted octanol–water partition coefficient (Wildman–Crippen LogP) is 3.88. The summed E-state index contributed by atoms with van der Waals surface area (Å²) >= 11 is 0. The first-order valence-electron chi connectivity index (χ1n) is 9.33. The van der Waals surface area contributed by atoms with E-state index in [1.807, 2.05) is 33.8 Å². The van der Waals surface area contributed by atoms with Gasteiger partial charge in [-0.1, -0.05) is 18.2 Å². The summed E-state index contributed by atoms with van der Waals surface area (Å²) in [6.07, 6.45) is 0. The average molecular weight is 384 g/mol. The topological polar surface area (TPSA) is 76.7 Å². The minimum atomic E-state index is -0.339. The molecule has 2 amide bonds. The third-order valence-electron chi connectivity index (χ3n) is 3.69. The number of benzene rings is 2. The lowest BCUT2D eigenvalue weighted by molar-refractivity contribution is 0.0918. The Morgan fingerprint density at radius 1 is 0.964 bits per heavy atom. The lowest BCUT2D eigenvalue weighted by Crippen LogP contribution is -2.40. The first-order chi connectivity index (χ1) is 13.3. The summed E-state index contributed by atoms with van der Waals surface area (Å²) < 4.78 is 10.9. The zero-order valence-corrected chi connectivity index (χ0v) is 16.9. The smallest absolute Gasteiger partial charge is 0.259 e. The van der Waals surface area contributed by atoms with Crippen LogP contribution in [0.2, 0.25) is 0 Å². The molecule has 2 aromatic carbocycles. The maximum Gasteiger partial charge on any atom is 0.259 e. The molecule has 0 saturated heterocycles. The molecule has 0 unspecified atom stereocenters. The molecule has 2 aromatic rings. The standard InChI is InChI=1S/C22H28N2O4/c1-5-27-13-14-28-19-12-7-6-11-18(19)21(26)23-17-10-8-9-16(15-17)20(25)24-22(2,3)4/h6-12,15H,5,13-14H2,1-4H3,(H,23,26)(H,24,25). The maximum absolute atomic E-state index is 12.7. The second kappa shape index (κ2) is 9.90. The number of rotatable bonds is 8. The van der Waals surface area contributed by atoms with E-state index in [0.717, 1.165) is 0 Å². The van der Waals surface area contributed by atoms with Crippen LogP contribution in [0.5, 0.6) is 5.75 Å². The van der Waals surface area contributed by atoms with Crippen LogP contribution in [0.25, 0.3) is 0 Å². The van der Waals surface area contributed by atoms with E-state index in [-0.39, 0.29) is 17.4 Å². The second-order valence-corrected chi connectivity index (χ2v) is 7.28. The average Bonchev–Trinajstić information content (AvgIpc) is 2.64. The van der Waals surface area contributed by atoms with Gasteiger partial charge in [-0.05, 0) is 58.0 Å². The molecule has 150 valence electrons. The minimum Gasteiger partial charge on any atom is -0.490 e. The summed E-state index contributed by atoms with van der Waals surface area (Å²) in [5.74, 6) is -0.00928. The number of hydrogen-bond acceptors (Lipinski definition) is 4. The van der Waals surface area contributed by atoms with Crippen LogP contribution in [0.3, 0.4) is 0 Å². The molecule has 6 nitrogen and oxygen atoms in total. The highest BCUT2D eigenvalue weighted by Crippen LogP contribution is 2.20. The molecule has 0 fully saturated rings. The number of carbonyl (C=O) groups excluding carboxylic acids is 2. The molecule has 0 radical (unpaired) electrons. The fourth-order valence-electron chi connectivity index (χ4n) is 2.48. The van der Waals surface area contributed by atoms with E-state index in [1.165, 1.54) is 0 Å². The Hall–Kier alpha value is -2.86. The molecular formula is C22H28N2O4. The largest absolute Gasteiger partial charge is 0.490 e. The van der Waals surface area contributed by atoms with Crippen LogP contribution in [-0.2, 0) is 4.74 Å². The van der Waals surface area contributed by atoms with E-state index in [9.17, 15) is 9.59 Å². The Morgan fingerprint density at radius 3 is 2.43 bits per heavy atom. The van der Waals surface area contributed by atoms with Crippen LogP contribution in [0.15, 0.2) is 48.5 Å². The number of ether oxygens (including phenoxy) is 2. The first-order valence-corrected chi connectivity index (χ1v) is 9.33. The SMILES string of the molecule is CCOCCOc1ccccc1C(=O)Nc1cccc(C(=O)NC(C)(C)C)c1. The molecule has 0 aliphatic rings. The van der Waals surface area contributed by atoms with Gasteiger partial charge >= 0.3 is 0 Å². The summed E-state index contributed by atoms with van der Waals surface area (Å²) in [5, 5.41) is 5.73. The van der Waals surface area contributed by atoms with Gasteiger partial charge in [-0.25, -0.2) is 0 Å². The highest BCUT2D eigenvalue weighted by atomic mass is 16.5. The minimum absolute atomic E-state index is 0.191. The van der Waals surface area contributed by atoms with Crippen molar-refractivity contribution in [2.75, 3.05) is 25.1 Å². The number of para-hydroxylation sites is 1. The van der Waals surface area contributed by atoms with Crippen molar-refractivity contribution in [2.45, 2.75) is 33.2 Å². The monoisotopic (exact) mass is 384 g/mol. The van der Waals surface area contributed by atoms with Crippen molar-refractivity contribution in [3.05, 3.63) is 59.7 Å². The Labute approximate surface area is 166 Å². The highest BCUT2D eigenvalue weighted by Gasteiger charge is 2.17. The van der Waals surface area contributed by atoms with E-state index >= 15 is 0 Å². The maximum atomic E-state index is 12.7.